The predicted molar refractivity (Wildman–Crippen MR) is 105 cm³/mol. The normalized spacial score (nSPS) is 16.6. The molecule has 1 fully saturated rings. The number of rotatable bonds is 6. The van der Waals surface area contributed by atoms with Gasteiger partial charge in [-0.25, -0.2) is 28.1 Å². The van der Waals surface area contributed by atoms with Gasteiger partial charge < -0.3 is 5.32 Å². The molecule has 1 aliphatic rings. The molecule has 1 aliphatic carbocycles. The molecular formula is C21H20F5N5. The molecule has 0 saturated heterocycles. The van der Waals surface area contributed by atoms with E-state index < -0.39 is 18.3 Å². The van der Waals surface area contributed by atoms with E-state index in [0.29, 0.717) is 29.5 Å². The van der Waals surface area contributed by atoms with Crippen LogP contribution in [0.25, 0.3) is 22.6 Å². The predicted octanol–water partition coefficient (Wildman–Crippen LogP) is 5.78. The zero-order valence-electron chi connectivity index (χ0n) is 16.4. The summed E-state index contributed by atoms with van der Waals surface area (Å²) in [5, 5.41) is 3.03. The number of hydrogen-bond donors (Lipinski definition) is 1. The van der Waals surface area contributed by atoms with Gasteiger partial charge in [-0.1, -0.05) is 0 Å². The van der Waals surface area contributed by atoms with Crippen molar-refractivity contribution >= 4 is 5.95 Å². The van der Waals surface area contributed by atoms with Crippen LogP contribution in [0.4, 0.5) is 27.9 Å². The fourth-order valence-electron chi connectivity index (χ4n) is 3.70. The Morgan fingerprint density at radius 3 is 2.45 bits per heavy atom. The maximum absolute atomic E-state index is 13.6. The Balaban J connectivity index is 1.58. The van der Waals surface area contributed by atoms with Crippen LogP contribution >= 0.6 is 0 Å². The Hall–Kier alpha value is -3.04. The molecule has 2 aromatic heterocycles. The zero-order valence-corrected chi connectivity index (χ0v) is 16.4. The van der Waals surface area contributed by atoms with E-state index in [0.717, 1.165) is 6.33 Å². The highest BCUT2D eigenvalue weighted by atomic mass is 19.3. The van der Waals surface area contributed by atoms with E-state index in [1.807, 2.05) is 0 Å². The molecule has 5 nitrogen and oxygen atoms in total. The van der Waals surface area contributed by atoms with Gasteiger partial charge in [0.25, 0.3) is 0 Å². The number of halogens is 5. The minimum absolute atomic E-state index is 0.0632. The lowest BCUT2D eigenvalue weighted by molar-refractivity contribution is -0.0443. The third-order valence-electron chi connectivity index (χ3n) is 5.41. The minimum atomic E-state index is -2.85. The average molecular weight is 437 g/mol. The SMILES string of the molecule is Fc1ccc(-c2ncn(C(F)F)c2-c2ccnc(NCC3CCC(F)(F)CC3)n2)cc1. The van der Waals surface area contributed by atoms with Crippen LogP contribution in [0.3, 0.4) is 0 Å². The molecule has 0 bridgehead atoms. The van der Waals surface area contributed by atoms with Gasteiger partial charge in [-0.15, -0.1) is 0 Å². The Morgan fingerprint density at radius 1 is 1.06 bits per heavy atom. The number of alkyl halides is 4. The molecule has 0 amide bonds. The van der Waals surface area contributed by atoms with Gasteiger partial charge in [0.1, 0.15) is 12.1 Å². The Morgan fingerprint density at radius 2 is 1.77 bits per heavy atom. The lowest BCUT2D eigenvalue weighted by atomic mass is 9.87. The lowest BCUT2D eigenvalue weighted by Crippen LogP contribution is -2.28. The van der Waals surface area contributed by atoms with Crippen LogP contribution in [0.5, 0.6) is 0 Å². The summed E-state index contributed by atoms with van der Waals surface area (Å²) >= 11 is 0. The maximum Gasteiger partial charge on any atom is 0.320 e. The van der Waals surface area contributed by atoms with E-state index in [4.69, 9.17) is 0 Å². The molecule has 31 heavy (non-hydrogen) atoms. The topological polar surface area (TPSA) is 55.6 Å². The van der Waals surface area contributed by atoms with Gasteiger partial charge >= 0.3 is 6.55 Å². The fourth-order valence-corrected chi connectivity index (χ4v) is 3.70. The van der Waals surface area contributed by atoms with Crippen LogP contribution < -0.4 is 5.32 Å². The number of aromatic nitrogens is 4. The molecule has 2 heterocycles. The zero-order chi connectivity index (χ0) is 22.0. The lowest BCUT2D eigenvalue weighted by Gasteiger charge is -2.28. The Labute approximate surface area is 175 Å². The summed E-state index contributed by atoms with van der Waals surface area (Å²) < 4.78 is 67.8. The van der Waals surface area contributed by atoms with Crippen molar-refractivity contribution in [3.05, 3.63) is 48.7 Å². The van der Waals surface area contributed by atoms with Crippen molar-refractivity contribution < 1.29 is 22.0 Å². The van der Waals surface area contributed by atoms with Crippen LogP contribution in [0.2, 0.25) is 0 Å². The molecule has 1 N–H and O–H groups in total. The third-order valence-corrected chi connectivity index (χ3v) is 5.41. The third kappa shape index (κ3) is 4.83. The molecule has 0 atom stereocenters. The number of nitrogens with zero attached hydrogens (tertiary/aromatic N) is 4. The van der Waals surface area contributed by atoms with Crippen molar-refractivity contribution in [2.75, 3.05) is 11.9 Å². The quantitative estimate of drug-likeness (QED) is 0.497. The Kier molecular flexibility index (Phi) is 5.88. The van der Waals surface area contributed by atoms with Gasteiger partial charge in [0.2, 0.25) is 11.9 Å². The maximum atomic E-state index is 13.6. The first-order valence-corrected chi connectivity index (χ1v) is 9.88. The fraction of sp³-hybridized carbons (Fsp3) is 0.381. The molecular weight excluding hydrogens is 417 g/mol. The van der Waals surface area contributed by atoms with Gasteiger partial charge in [0.05, 0.1) is 17.1 Å². The minimum Gasteiger partial charge on any atom is -0.354 e. The van der Waals surface area contributed by atoms with Gasteiger partial charge in [-0.05, 0) is 49.1 Å². The summed E-state index contributed by atoms with van der Waals surface area (Å²) in [5.41, 5.74) is 0.987. The Bertz CT molecular complexity index is 1020. The van der Waals surface area contributed by atoms with Gasteiger partial charge in [0.15, 0.2) is 0 Å². The molecule has 10 heteroatoms. The van der Waals surface area contributed by atoms with Crippen LogP contribution in [0, 0.1) is 11.7 Å². The van der Waals surface area contributed by atoms with Crippen LogP contribution in [0.1, 0.15) is 32.2 Å². The number of anilines is 1. The summed E-state index contributed by atoms with van der Waals surface area (Å²) in [4.78, 5) is 12.5. The molecule has 1 aromatic carbocycles. The first-order chi connectivity index (χ1) is 14.8. The summed E-state index contributed by atoms with van der Waals surface area (Å²) in [6, 6.07) is 6.84. The van der Waals surface area contributed by atoms with Gasteiger partial charge in [-0.2, -0.15) is 8.78 Å². The molecule has 0 aliphatic heterocycles. The van der Waals surface area contributed by atoms with E-state index >= 15 is 0 Å². The van der Waals surface area contributed by atoms with Gasteiger partial charge in [0, 0.05) is 31.1 Å². The number of nitrogens with one attached hydrogen (secondary N) is 1. The van der Waals surface area contributed by atoms with Crippen LogP contribution in [-0.2, 0) is 0 Å². The van der Waals surface area contributed by atoms with Crippen molar-refractivity contribution in [3.8, 4) is 22.6 Å². The van der Waals surface area contributed by atoms with Crippen molar-refractivity contribution in [1.29, 1.82) is 0 Å². The molecule has 4 rings (SSSR count). The molecule has 0 unspecified atom stereocenters. The van der Waals surface area contributed by atoms with Crippen molar-refractivity contribution in [1.82, 2.24) is 19.5 Å². The number of hydrogen-bond acceptors (Lipinski definition) is 4. The van der Waals surface area contributed by atoms with Gasteiger partial charge in [-0.3, -0.25) is 4.57 Å². The van der Waals surface area contributed by atoms with Crippen molar-refractivity contribution in [2.24, 2.45) is 5.92 Å². The molecule has 3 aromatic rings. The second-order valence-corrected chi connectivity index (χ2v) is 7.58. The van der Waals surface area contributed by atoms with E-state index in [1.165, 1.54) is 36.5 Å². The highest BCUT2D eigenvalue weighted by Crippen LogP contribution is 2.36. The number of benzene rings is 1. The second-order valence-electron chi connectivity index (χ2n) is 7.58. The molecule has 164 valence electrons. The highest BCUT2D eigenvalue weighted by Gasteiger charge is 2.34. The monoisotopic (exact) mass is 437 g/mol. The first kappa shape index (κ1) is 21.2. The first-order valence-electron chi connectivity index (χ1n) is 9.88. The molecule has 0 radical (unpaired) electrons. The van der Waals surface area contributed by atoms with E-state index in [9.17, 15) is 22.0 Å². The smallest absolute Gasteiger partial charge is 0.320 e. The summed E-state index contributed by atoms with van der Waals surface area (Å²) in [7, 11) is 0. The summed E-state index contributed by atoms with van der Waals surface area (Å²) in [5.74, 6) is -2.78. The summed E-state index contributed by atoms with van der Waals surface area (Å²) in [6.07, 6.45) is 2.94. The molecule has 0 spiro atoms. The van der Waals surface area contributed by atoms with Crippen molar-refractivity contribution in [2.45, 2.75) is 38.2 Å². The van der Waals surface area contributed by atoms with E-state index in [-0.39, 0.29) is 41.8 Å². The summed E-state index contributed by atoms with van der Waals surface area (Å²) in [6.45, 7) is -2.44. The average Bonchev–Trinajstić information content (AvgIpc) is 3.19. The van der Waals surface area contributed by atoms with Crippen LogP contribution in [-0.4, -0.2) is 32.0 Å². The largest absolute Gasteiger partial charge is 0.354 e. The standard InChI is InChI=1S/C21H20F5N5/c22-15-3-1-14(2-4-15)17-18(31(12-29-17)19(23)24)16-7-10-27-20(30-16)28-11-13-5-8-21(25,26)9-6-13/h1-4,7,10,12-13,19H,5-6,8-9,11H2,(H,27,28,30). The van der Waals surface area contributed by atoms with E-state index in [2.05, 4.69) is 20.3 Å². The van der Waals surface area contributed by atoms with Crippen LogP contribution in [0.15, 0.2) is 42.9 Å². The highest BCUT2D eigenvalue weighted by molar-refractivity contribution is 5.77. The van der Waals surface area contributed by atoms with E-state index in [1.54, 1.807) is 0 Å². The van der Waals surface area contributed by atoms with Crippen molar-refractivity contribution in [3.63, 3.8) is 0 Å². The second kappa shape index (κ2) is 8.60. The molecule has 1 saturated carbocycles. The number of imidazole rings is 1.